The number of halogens is 1. The fourth-order valence-corrected chi connectivity index (χ4v) is 4.74. The van der Waals surface area contributed by atoms with Crippen LogP contribution in [0.4, 0.5) is 0 Å². The summed E-state index contributed by atoms with van der Waals surface area (Å²) in [6.07, 6.45) is 2.19. The fraction of sp³-hybridized carbons (Fsp3) is 0.500. The molecule has 21 heavy (non-hydrogen) atoms. The molecule has 0 aromatic heterocycles. The van der Waals surface area contributed by atoms with Crippen LogP contribution >= 0.6 is 11.6 Å². The fourth-order valence-electron chi connectivity index (χ4n) is 3.08. The quantitative estimate of drug-likeness (QED) is 0.830. The zero-order valence-electron chi connectivity index (χ0n) is 11.5. The normalized spacial score (nSPS) is 23.7. The van der Waals surface area contributed by atoms with Gasteiger partial charge in [-0.15, -0.1) is 0 Å². The van der Waals surface area contributed by atoms with E-state index in [1.165, 1.54) is 22.5 Å². The van der Waals surface area contributed by atoms with Crippen LogP contribution in [-0.4, -0.2) is 49.8 Å². The Hall–Kier alpha value is -1.13. The molecule has 7 heteroatoms. The summed E-state index contributed by atoms with van der Waals surface area (Å²) in [6.45, 7) is 2.89. The SMILES string of the molecule is N#Cc1cc(S(=O)(=O)N2CCN3CCC[C@H]3C2)ccc1Cl. The summed E-state index contributed by atoms with van der Waals surface area (Å²) < 4.78 is 27.0. The molecule has 0 bridgehead atoms. The van der Waals surface area contributed by atoms with Gasteiger partial charge in [0.15, 0.2) is 0 Å². The molecule has 1 aromatic rings. The van der Waals surface area contributed by atoms with Crippen LogP contribution in [0.3, 0.4) is 0 Å². The topological polar surface area (TPSA) is 64.4 Å². The number of hydrogen-bond acceptors (Lipinski definition) is 4. The average Bonchev–Trinajstić information content (AvgIpc) is 2.94. The lowest BCUT2D eigenvalue weighted by molar-refractivity contribution is 0.158. The van der Waals surface area contributed by atoms with Gasteiger partial charge in [-0.2, -0.15) is 9.57 Å². The third kappa shape index (κ3) is 2.67. The zero-order chi connectivity index (χ0) is 15.0. The minimum Gasteiger partial charge on any atom is -0.298 e. The molecule has 0 saturated carbocycles. The van der Waals surface area contributed by atoms with E-state index >= 15 is 0 Å². The second-order valence-electron chi connectivity index (χ2n) is 5.45. The summed E-state index contributed by atoms with van der Waals surface area (Å²) in [7, 11) is -3.55. The van der Waals surface area contributed by atoms with E-state index in [1.807, 2.05) is 6.07 Å². The summed E-state index contributed by atoms with van der Waals surface area (Å²) in [5, 5.41) is 9.27. The van der Waals surface area contributed by atoms with Crippen molar-refractivity contribution in [3.63, 3.8) is 0 Å². The summed E-state index contributed by atoms with van der Waals surface area (Å²) in [5.41, 5.74) is 0.192. The van der Waals surface area contributed by atoms with Crippen LogP contribution < -0.4 is 0 Å². The van der Waals surface area contributed by atoms with Crippen LogP contribution in [0.5, 0.6) is 0 Å². The lowest BCUT2D eigenvalue weighted by Crippen LogP contribution is -2.51. The van der Waals surface area contributed by atoms with Crippen molar-refractivity contribution in [2.45, 2.75) is 23.8 Å². The van der Waals surface area contributed by atoms with Gasteiger partial charge >= 0.3 is 0 Å². The van der Waals surface area contributed by atoms with Crippen molar-refractivity contribution in [3.8, 4) is 6.07 Å². The molecule has 112 valence electrons. The van der Waals surface area contributed by atoms with Gasteiger partial charge in [-0.3, -0.25) is 4.90 Å². The minimum atomic E-state index is -3.55. The van der Waals surface area contributed by atoms with Crippen molar-refractivity contribution in [3.05, 3.63) is 28.8 Å². The van der Waals surface area contributed by atoms with Crippen molar-refractivity contribution in [2.24, 2.45) is 0 Å². The predicted octanol–water partition coefficient (Wildman–Crippen LogP) is 1.68. The van der Waals surface area contributed by atoms with Gasteiger partial charge in [0.2, 0.25) is 10.0 Å². The van der Waals surface area contributed by atoms with Gasteiger partial charge in [0.1, 0.15) is 6.07 Å². The van der Waals surface area contributed by atoms with Crippen molar-refractivity contribution < 1.29 is 8.42 Å². The summed E-state index contributed by atoms with van der Waals surface area (Å²) in [4.78, 5) is 2.50. The first kappa shape index (κ1) is 14.8. The highest BCUT2D eigenvalue weighted by Crippen LogP contribution is 2.27. The third-order valence-electron chi connectivity index (χ3n) is 4.25. The van der Waals surface area contributed by atoms with Crippen LogP contribution in [0.1, 0.15) is 18.4 Å². The molecule has 0 radical (unpaired) electrons. The second-order valence-corrected chi connectivity index (χ2v) is 7.79. The molecule has 2 fully saturated rings. The van der Waals surface area contributed by atoms with E-state index in [9.17, 15) is 8.42 Å². The van der Waals surface area contributed by atoms with Gasteiger partial charge in [0.25, 0.3) is 0 Å². The number of rotatable bonds is 2. The Morgan fingerprint density at radius 2 is 2.10 bits per heavy atom. The van der Waals surface area contributed by atoms with Crippen LogP contribution in [0, 0.1) is 11.3 Å². The molecular formula is C14H16ClN3O2S. The minimum absolute atomic E-state index is 0.148. The third-order valence-corrected chi connectivity index (χ3v) is 6.44. The Bertz CT molecular complexity index is 699. The Balaban J connectivity index is 1.88. The molecule has 0 unspecified atom stereocenters. The molecule has 2 aliphatic rings. The van der Waals surface area contributed by atoms with E-state index in [0.717, 1.165) is 25.9 Å². The van der Waals surface area contributed by atoms with Gasteiger partial charge < -0.3 is 0 Å². The van der Waals surface area contributed by atoms with E-state index in [-0.39, 0.29) is 15.5 Å². The Labute approximate surface area is 129 Å². The number of fused-ring (bicyclic) bond motifs is 1. The average molecular weight is 326 g/mol. The molecule has 0 spiro atoms. The summed E-state index contributed by atoms with van der Waals surface area (Å²) >= 11 is 5.87. The van der Waals surface area contributed by atoms with Crippen molar-refractivity contribution >= 4 is 21.6 Å². The number of benzene rings is 1. The Morgan fingerprint density at radius 3 is 2.86 bits per heavy atom. The number of nitrogens with zero attached hydrogens (tertiary/aromatic N) is 3. The lowest BCUT2D eigenvalue weighted by atomic mass is 10.2. The molecular weight excluding hydrogens is 310 g/mol. The molecule has 2 saturated heterocycles. The number of nitriles is 1. The summed E-state index contributed by atoms with van der Waals surface area (Å²) in [5.74, 6) is 0. The van der Waals surface area contributed by atoms with Crippen molar-refractivity contribution in [1.29, 1.82) is 5.26 Å². The van der Waals surface area contributed by atoms with Crippen molar-refractivity contribution in [2.75, 3.05) is 26.2 Å². The van der Waals surface area contributed by atoms with Gasteiger partial charge in [-0.1, -0.05) is 11.6 Å². The molecule has 1 aromatic carbocycles. The van der Waals surface area contributed by atoms with Crippen LogP contribution in [0.25, 0.3) is 0 Å². The Kier molecular flexibility index (Phi) is 3.93. The standard InChI is InChI=1S/C14H16ClN3O2S/c15-14-4-3-13(8-11(14)9-16)21(19,20)18-7-6-17-5-1-2-12(17)10-18/h3-4,8,12H,1-2,5-7,10H2/t12-/m0/s1. The highest BCUT2D eigenvalue weighted by molar-refractivity contribution is 7.89. The number of piperazine rings is 1. The molecule has 2 aliphatic heterocycles. The molecule has 3 rings (SSSR count). The van der Waals surface area contributed by atoms with E-state index in [0.29, 0.717) is 19.1 Å². The van der Waals surface area contributed by atoms with E-state index in [1.54, 1.807) is 0 Å². The van der Waals surface area contributed by atoms with E-state index in [2.05, 4.69) is 4.90 Å². The molecule has 5 nitrogen and oxygen atoms in total. The predicted molar refractivity (Wildman–Crippen MR) is 79.5 cm³/mol. The molecule has 2 heterocycles. The highest BCUT2D eigenvalue weighted by atomic mass is 35.5. The second kappa shape index (κ2) is 5.58. The van der Waals surface area contributed by atoms with Crippen LogP contribution in [-0.2, 0) is 10.0 Å². The maximum atomic E-state index is 12.7. The van der Waals surface area contributed by atoms with Gasteiger partial charge in [0.05, 0.1) is 15.5 Å². The number of hydrogen-bond donors (Lipinski definition) is 0. The maximum Gasteiger partial charge on any atom is 0.243 e. The van der Waals surface area contributed by atoms with Crippen LogP contribution in [0.2, 0.25) is 5.02 Å². The van der Waals surface area contributed by atoms with Crippen LogP contribution in [0.15, 0.2) is 23.1 Å². The van der Waals surface area contributed by atoms with Crippen molar-refractivity contribution in [1.82, 2.24) is 9.21 Å². The lowest BCUT2D eigenvalue weighted by Gasteiger charge is -2.36. The highest BCUT2D eigenvalue weighted by Gasteiger charge is 2.36. The zero-order valence-corrected chi connectivity index (χ0v) is 13.1. The Morgan fingerprint density at radius 1 is 1.29 bits per heavy atom. The van der Waals surface area contributed by atoms with Gasteiger partial charge in [-0.05, 0) is 37.6 Å². The molecule has 0 aliphatic carbocycles. The largest absolute Gasteiger partial charge is 0.298 e. The molecule has 0 N–H and O–H groups in total. The first-order valence-electron chi connectivity index (χ1n) is 6.96. The van der Waals surface area contributed by atoms with E-state index < -0.39 is 10.0 Å². The summed E-state index contributed by atoms with van der Waals surface area (Å²) in [6, 6.07) is 6.56. The first-order valence-corrected chi connectivity index (χ1v) is 8.78. The monoisotopic (exact) mass is 325 g/mol. The van der Waals surface area contributed by atoms with Gasteiger partial charge in [0, 0.05) is 25.7 Å². The number of sulfonamides is 1. The smallest absolute Gasteiger partial charge is 0.243 e. The first-order chi connectivity index (χ1) is 10.0. The molecule has 0 amide bonds. The molecule has 1 atom stereocenters. The van der Waals surface area contributed by atoms with E-state index in [4.69, 9.17) is 16.9 Å². The maximum absolute atomic E-state index is 12.7. The van der Waals surface area contributed by atoms with Gasteiger partial charge in [-0.25, -0.2) is 8.42 Å².